The zero-order valence-electron chi connectivity index (χ0n) is 14.5. The molecule has 26 heavy (non-hydrogen) atoms. The Balaban J connectivity index is 2.02. The normalized spacial score (nSPS) is 11.0. The molecule has 0 amide bonds. The standard InChI is InChI=1S/C19H17Cl2NO4/c1-10-17(12(3)23)11(2)22-19(10)15(24)9-26-16(25)8-7-13-5-4-6-14(20)18(13)21/h4-8,22H,9H2,1-3H3/b8-7+. The van der Waals surface area contributed by atoms with Crippen molar-refractivity contribution in [3.63, 3.8) is 0 Å². The van der Waals surface area contributed by atoms with E-state index in [1.54, 1.807) is 32.0 Å². The van der Waals surface area contributed by atoms with Gasteiger partial charge >= 0.3 is 5.97 Å². The molecule has 1 aromatic heterocycles. The van der Waals surface area contributed by atoms with Crippen molar-refractivity contribution in [2.45, 2.75) is 20.8 Å². The summed E-state index contributed by atoms with van der Waals surface area (Å²) in [6, 6.07) is 5.03. The molecule has 1 aromatic carbocycles. The molecule has 0 bridgehead atoms. The SMILES string of the molecule is CC(=O)c1c(C)[nH]c(C(=O)COC(=O)/C=C/c2cccc(Cl)c2Cl)c1C. The van der Waals surface area contributed by atoms with E-state index in [4.69, 9.17) is 27.9 Å². The van der Waals surface area contributed by atoms with Crippen LogP contribution in [0.25, 0.3) is 6.08 Å². The van der Waals surface area contributed by atoms with Crippen molar-refractivity contribution >= 4 is 46.8 Å². The Morgan fingerprint density at radius 3 is 2.50 bits per heavy atom. The minimum atomic E-state index is -0.692. The van der Waals surface area contributed by atoms with Crippen LogP contribution in [0.4, 0.5) is 0 Å². The van der Waals surface area contributed by atoms with E-state index in [1.807, 2.05) is 0 Å². The fourth-order valence-electron chi connectivity index (χ4n) is 2.62. The quantitative estimate of drug-likeness (QED) is 0.442. The summed E-state index contributed by atoms with van der Waals surface area (Å²) in [5.74, 6) is -1.24. The fraction of sp³-hybridized carbons (Fsp3) is 0.211. The summed E-state index contributed by atoms with van der Waals surface area (Å²) in [6.07, 6.45) is 2.62. The fourth-order valence-corrected chi connectivity index (χ4v) is 2.99. The van der Waals surface area contributed by atoms with Crippen LogP contribution < -0.4 is 0 Å². The molecule has 0 saturated heterocycles. The summed E-state index contributed by atoms with van der Waals surface area (Å²) >= 11 is 11.9. The molecule has 1 N–H and O–H groups in total. The lowest BCUT2D eigenvalue weighted by atomic mass is 10.1. The molecule has 0 radical (unpaired) electrons. The van der Waals surface area contributed by atoms with E-state index in [2.05, 4.69) is 4.98 Å². The van der Waals surface area contributed by atoms with Gasteiger partial charge in [-0.05, 0) is 44.0 Å². The minimum absolute atomic E-state index is 0.131. The number of carbonyl (C=O) groups excluding carboxylic acids is 3. The van der Waals surface area contributed by atoms with Gasteiger partial charge in [-0.1, -0.05) is 35.3 Å². The summed E-state index contributed by atoms with van der Waals surface area (Å²) < 4.78 is 4.96. The van der Waals surface area contributed by atoms with Crippen LogP contribution in [0.15, 0.2) is 24.3 Å². The number of hydrogen-bond acceptors (Lipinski definition) is 4. The average Bonchev–Trinajstić information content (AvgIpc) is 2.88. The van der Waals surface area contributed by atoms with Crippen LogP contribution in [0.1, 0.15) is 44.6 Å². The number of H-pyrrole nitrogens is 1. The van der Waals surface area contributed by atoms with Crippen LogP contribution in [0.5, 0.6) is 0 Å². The van der Waals surface area contributed by atoms with E-state index in [-0.39, 0.29) is 11.5 Å². The Bertz CT molecular complexity index is 913. The number of aromatic nitrogens is 1. The first-order valence-corrected chi connectivity index (χ1v) is 8.50. The summed E-state index contributed by atoms with van der Waals surface area (Å²) in [5, 5.41) is 0.694. The van der Waals surface area contributed by atoms with Crippen LogP contribution in [0.3, 0.4) is 0 Å². The van der Waals surface area contributed by atoms with Gasteiger partial charge in [-0.25, -0.2) is 4.79 Å². The smallest absolute Gasteiger partial charge is 0.331 e. The maximum absolute atomic E-state index is 12.2. The number of halogens is 2. The molecule has 0 atom stereocenters. The zero-order chi connectivity index (χ0) is 19.4. The van der Waals surface area contributed by atoms with Gasteiger partial charge in [0.05, 0.1) is 15.7 Å². The highest BCUT2D eigenvalue weighted by Gasteiger charge is 2.20. The summed E-state index contributed by atoms with van der Waals surface area (Å²) in [7, 11) is 0. The monoisotopic (exact) mass is 393 g/mol. The van der Waals surface area contributed by atoms with Gasteiger partial charge in [0.25, 0.3) is 0 Å². The number of nitrogens with one attached hydrogen (secondary N) is 1. The molecule has 0 aliphatic rings. The van der Waals surface area contributed by atoms with Crippen molar-refractivity contribution < 1.29 is 19.1 Å². The lowest BCUT2D eigenvalue weighted by Crippen LogP contribution is -2.14. The zero-order valence-corrected chi connectivity index (χ0v) is 16.0. The lowest BCUT2D eigenvalue weighted by molar-refractivity contribution is -0.136. The van der Waals surface area contributed by atoms with Gasteiger partial charge in [-0.15, -0.1) is 0 Å². The molecule has 0 spiro atoms. The number of ether oxygens (including phenoxy) is 1. The molecule has 5 nitrogen and oxygen atoms in total. The molecule has 0 fully saturated rings. The second-order valence-corrected chi connectivity index (χ2v) is 6.47. The van der Waals surface area contributed by atoms with E-state index in [9.17, 15) is 14.4 Å². The number of hydrogen-bond donors (Lipinski definition) is 1. The number of aromatic amines is 1. The third-order valence-corrected chi connectivity index (χ3v) is 4.63. The Morgan fingerprint density at radius 2 is 1.88 bits per heavy atom. The van der Waals surface area contributed by atoms with Crippen LogP contribution in [-0.4, -0.2) is 29.1 Å². The maximum Gasteiger partial charge on any atom is 0.331 e. The Labute approximate surface area is 160 Å². The van der Waals surface area contributed by atoms with Crippen molar-refractivity contribution in [3.8, 4) is 0 Å². The van der Waals surface area contributed by atoms with Gasteiger partial charge in [0, 0.05) is 17.3 Å². The highest BCUT2D eigenvalue weighted by Crippen LogP contribution is 2.26. The van der Waals surface area contributed by atoms with E-state index >= 15 is 0 Å². The molecular formula is C19H17Cl2NO4. The highest BCUT2D eigenvalue weighted by molar-refractivity contribution is 6.42. The minimum Gasteiger partial charge on any atom is -0.454 e. The van der Waals surface area contributed by atoms with Gasteiger partial charge < -0.3 is 9.72 Å². The largest absolute Gasteiger partial charge is 0.454 e. The van der Waals surface area contributed by atoms with Gasteiger partial charge in [0.1, 0.15) is 0 Å². The second-order valence-electron chi connectivity index (χ2n) is 5.69. The predicted molar refractivity (Wildman–Crippen MR) is 101 cm³/mol. The van der Waals surface area contributed by atoms with Crippen molar-refractivity contribution in [3.05, 3.63) is 62.4 Å². The van der Waals surface area contributed by atoms with Gasteiger partial charge in [0.15, 0.2) is 12.4 Å². The summed E-state index contributed by atoms with van der Waals surface area (Å²) in [6.45, 7) is 4.38. The Kier molecular flexibility index (Phi) is 6.40. The van der Waals surface area contributed by atoms with Gasteiger partial charge in [-0.3, -0.25) is 9.59 Å². The molecule has 7 heteroatoms. The number of esters is 1. The topological polar surface area (TPSA) is 76.2 Å². The van der Waals surface area contributed by atoms with E-state index < -0.39 is 18.4 Å². The molecule has 0 saturated carbocycles. The Morgan fingerprint density at radius 1 is 1.19 bits per heavy atom. The molecule has 0 aliphatic heterocycles. The number of Topliss-reactive ketones (excluding diaryl/α,β-unsaturated/α-hetero) is 2. The Hall–Kier alpha value is -2.37. The van der Waals surface area contributed by atoms with Crippen molar-refractivity contribution in [1.82, 2.24) is 4.98 Å². The number of benzene rings is 1. The van der Waals surface area contributed by atoms with Crippen molar-refractivity contribution in [1.29, 1.82) is 0 Å². The van der Waals surface area contributed by atoms with Crippen LogP contribution in [0, 0.1) is 13.8 Å². The van der Waals surface area contributed by atoms with E-state index in [0.717, 1.165) is 0 Å². The van der Waals surface area contributed by atoms with Gasteiger partial charge in [-0.2, -0.15) is 0 Å². The first kappa shape index (κ1) is 19.9. The lowest BCUT2D eigenvalue weighted by Gasteiger charge is -2.03. The third kappa shape index (κ3) is 4.42. The molecule has 0 aliphatic carbocycles. The van der Waals surface area contributed by atoms with E-state index in [0.29, 0.717) is 32.4 Å². The first-order valence-electron chi connectivity index (χ1n) is 7.74. The van der Waals surface area contributed by atoms with Crippen LogP contribution in [-0.2, 0) is 9.53 Å². The first-order chi connectivity index (χ1) is 12.2. The molecule has 136 valence electrons. The van der Waals surface area contributed by atoms with E-state index in [1.165, 1.54) is 19.1 Å². The molecule has 2 aromatic rings. The molecule has 1 heterocycles. The van der Waals surface area contributed by atoms with Crippen LogP contribution in [0.2, 0.25) is 10.0 Å². The summed E-state index contributed by atoms with van der Waals surface area (Å²) in [4.78, 5) is 38.6. The number of rotatable bonds is 6. The molecule has 2 rings (SSSR count). The predicted octanol–water partition coefficient (Wildman–Crippen LogP) is 4.58. The molecular weight excluding hydrogens is 377 g/mol. The maximum atomic E-state index is 12.2. The number of carbonyl (C=O) groups is 3. The average molecular weight is 394 g/mol. The van der Waals surface area contributed by atoms with Crippen molar-refractivity contribution in [2.24, 2.45) is 0 Å². The number of aryl methyl sites for hydroxylation is 1. The second kappa shape index (κ2) is 8.34. The third-order valence-electron chi connectivity index (χ3n) is 3.79. The van der Waals surface area contributed by atoms with Gasteiger partial charge in [0.2, 0.25) is 5.78 Å². The van der Waals surface area contributed by atoms with Crippen molar-refractivity contribution in [2.75, 3.05) is 6.61 Å². The summed E-state index contributed by atoms with van der Waals surface area (Å²) in [5.41, 5.74) is 2.47. The molecule has 0 unspecified atom stereocenters. The van der Waals surface area contributed by atoms with Crippen LogP contribution >= 0.6 is 23.2 Å². The number of ketones is 2. The highest BCUT2D eigenvalue weighted by atomic mass is 35.5.